The summed E-state index contributed by atoms with van der Waals surface area (Å²) in [6.45, 7) is 19.7. The van der Waals surface area contributed by atoms with Gasteiger partial charge in [0.25, 0.3) is 0 Å². The maximum atomic E-state index is 13.6. The van der Waals surface area contributed by atoms with Crippen molar-refractivity contribution in [3.8, 4) is 0 Å². The molecule has 6 rings (SSSR count). The third-order valence-corrected chi connectivity index (χ3v) is 11.3. The van der Waals surface area contributed by atoms with E-state index in [0.717, 1.165) is 87.1 Å². The van der Waals surface area contributed by atoms with Crippen molar-refractivity contribution in [1.29, 1.82) is 0 Å². The van der Waals surface area contributed by atoms with Crippen LogP contribution in [0.4, 0.5) is 5.69 Å². The van der Waals surface area contributed by atoms with Crippen molar-refractivity contribution < 1.29 is 15.0 Å². The van der Waals surface area contributed by atoms with Gasteiger partial charge in [-0.25, -0.2) is 0 Å². The second kappa shape index (κ2) is 16.6. The summed E-state index contributed by atoms with van der Waals surface area (Å²) in [5, 5.41) is 19.1. The number of aromatic nitrogens is 3. The molecule has 3 aromatic rings. The van der Waals surface area contributed by atoms with E-state index in [0.29, 0.717) is 38.1 Å². The number of β-amino-alcohol motifs (C(OH)–C–C–N with tert-alkyl or cyclic N) is 2. The van der Waals surface area contributed by atoms with E-state index >= 15 is 0 Å². The first-order chi connectivity index (χ1) is 24.5. The minimum absolute atomic E-state index is 0.0746. The Morgan fingerprint density at radius 1 is 0.843 bits per heavy atom. The van der Waals surface area contributed by atoms with Gasteiger partial charge in [-0.05, 0) is 67.5 Å². The Labute approximate surface area is 304 Å². The van der Waals surface area contributed by atoms with E-state index in [2.05, 4.69) is 95.6 Å². The standard InChI is InChI=1S/C40H58N8O3/c1-29(2)35-9-6-31(23-41-35)25-45-14-15-46(19-21-50)34(27-45)22-30(3)36-10-8-33(24-42-36)48-17-16-47(28-39(48)51)40(4,5)38-11-7-32-26-44(18-20-49)13-12-37(32)43-38/h6-11,23-24,29-30,34,49-50H,12-22,25-28H2,1-5H3. The lowest BCUT2D eigenvalue weighted by Gasteiger charge is -2.43. The number of pyridine rings is 3. The molecular weight excluding hydrogens is 640 g/mol. The zero-order chi connectivity index (χ0) is 36.1. The summed E-state index contributed by atoms with van der Waals surface area (Å²) in [5.74, 6) is 0.728. The predicted molar refractivity (Wildman–Crippen MR) is 201 cm³/mol. The van der Waals surface area contributed by atoms with E-state index in [9.17, 15) is 15.0 Å². The van der Waals surface area contributed by atoms with Crippen molar-refractivity contribution in [3.05, 3.63) is 82.7 Å². The zero-order valence-corrected chi connectivity index (χ0v) is 31.3. The van der Waals surface area contributed by atoms with Crippen molar-refractivity contribution >= 4 is 11.6 Å². The SMILES string of the molecule is CC(C)c1ccc(CN2CCN(CCO)C(CC(C)c3ccc(N4CCN(C(C)(C)c5ccc6c(n5)CCN(CCO)C6)CC4=O)cn3)C2)cn1. The quantitative estimate of drug-likeness (QED) is 0.275. The fourth-order valence-corrected chi connectivity index (χ4v) is 7.99. The highest BCUT2D eigenvalue weighted by molar-refractivity contribution is 5.95. The fourth-order valence-electron chi connectivity index (χ4n) is 7.99. The number of hydrogen-bond acceptors (Lipinski definition) is 10. The van der Waals surface area contributed by atoms with Crippen molar-refractivity contribution in [2.45, 2.75) is 84.0 Å². The molecule has 0 aliphatic carbocycles. The number of aliphatic hydroxyl groups is 2. The van der Waals surface area contributed by atoms with E-state index in [4.69, 9.17) is 9.97 Å². The number of hydrogen-bond donors (Lipinski definition) is 2. The fraction of sp³-hybridized carbons (Fsp3) is 0.600. The average molecular weight is 699 g/mol. The van der Waals surface area contributed by atoms with E-state index in [-0.39, 0.29) is 30.6 Å². The molecule has 2 atom stereocenters. The summed E-state index contributed by atoms with van der Waals surface area (Å²) in [5.41, 5.74) is 7.20. The van der Waals surface area contributed by atoms with Crippen LogP contribution >= 0.6 is 0 Å². The second-order valence-electron chi connectivity index (χ2n) is 15.6. The molecule has 3 aromatic heterocycles. The minimum atomic E-state index is -0.384. The number of aliphatic hydroxyl groups excluding tert-OH is 2. The molecule has 2 fully saturated rings. The van der Waals surface area contributed by atoms with Crippen LogP contribution in [0.15, 0.2) is 48.8 Å². The molecule has 276 valence electrons. The molecule has 0 radical (unpaired) electrons. The smallest absolute Gasteiger partial charge is 0.241 e. The van der Waals surface area contributed by atoms with Gasteiger partial charge in [0, 0.05) is 101 Å². The molecule has 0 saturated carbocycles. The highest BCUT2D eigenvalue weighted by Crippen LogP contribution is 2.32. The Morgan fingerprint density at radius 2 is 1.63 bits per heavy atom. The molecule has 6 heterocycles. The topological polar surface area (TPSA) is 112 Å². The van der Waals surface area contributed by atoms with Crippen LogP contribution in [-0.2, 0) is 29.8 Å². The van der Waals surface area contributed by atoms with Gasteiger partial charge in [0.15, 0.2) is 0 Å². The number of nitrogens with zero attached hydrogens (tertiary/aromatic N) is 8. The molecule has 0 spiro atoms. The Morgan fingerprint density at radius 3 is 2.31 bits per heavy atom. The lowest BCUT2D eigenvalue weighted by Crippen LogP contribution is -2.56. The highest BCUT2D eigenvalue weighted by Gasteiger charge is 2.37. The first-order valence-corrected chi connectivity index (χ1v) is 18.9. The number of fused-ring (bicyclic) bond motifs is 1. The van der Waals surface area contributed by atoms with E-state index < -0.39 is 0 Å². The molecule has 0 aromatic carbocycles. The van der Waals surface area contributed by atoms with Gasteiger partial charge in [-0.15, -0.1) is 0 Å². The Hall–Kier alpha value is -3.32. The van der Waals surface area contributed by atoms with Gasteiger partial charge >= 0.3 is 0 Å². The lowest BCUT2D eigenvalue weighted by molar-refractivity contribution is -0.123. The van der Waals surface area contributed by atoms with Crippen molar-refractivity contribution in [2.75, 3.05) is 77.0 Å². The maximum absolute atomic E-state index is 13.6. The van der Waals surface area contributed by atoms with E-state index in [1.54, 1.807) is 0 Å². The summed E-state index contributed by atoms with van der Waals surface area (Å²) in [6.07, 6.45) is 5.70. The second-order valence-corrected chi connectivity index (χ2v) is 15.6. The minimum Gasteiger partial charge on any atom is -0.395 e. The number of carbonyl (C=O) groups is 1. The average Bonchev–Trinajstić information content (AvgIpc) is 3.13. The summed E-state index contributed by atoms with van der Waals surface area (Å²) in [7, 11) is 0. The number of piperazine rings is 2. The molecule has 11 heteroatoms. The Kier molecular flexibility index (Phi) is 12.2. The monoisotopic (exact) mass is 698 g/mol. The van der Waals surface area contributed by atoms with Crippen LogP contribution in [0.2, 0.25) is 0 Å². The van der Waals surface area contributed by atoms with Gasteiger partial charge in [0.1, 0.15) is 0 Å². The molecule has 0 bridgehead atoms. The zero-order valence-electron chi connectivity index (χ0n) is 31.3. The number of anilines is 1. The molecule has 2 unspecified atom stereocenters. The van der Waals surface area contributed by atoms with Crippen LogP contribution in [0.5, 0.6) is 0 Å². The van der Waals surface area contributed by atoms with Gasteiger partial charge in [-0.2, -0.15) is 0 Å². The van der Waals surface area contributed by atoms with Crippen LogP contribution < -0.4 is 4.90 Å². The summed E-state index contributed by atoms with van der Waals surface area (Å²) < 4.78 is 0. The molecule has 11 nitrogen and oxygen atoms in total. The molecule has 51 heavy (non-hydrogen) atoms. The number of rotatable bonds is 13. The number of amides is 1. The van der Waals surface area contributed by atoms with Crippen LogP contribution in [0, 0.1) is 0 Å². The first-order valence-electron chi connectivity index (χ1n) is 18.9. The van der Waals surface area contributed by atoms with Crippen LogP contribution in [0.3, 0.4) is 0 Å². The highest BCUT2D eigenvalue weighted by atomic mass is 16.3. The largest absolute Gasteiger partial charge is 0.395 e. The molecule has 2 saturated heterocycles. The van der Waals surface area contributed by atoms with Crippen LogP contribution in [0.1, 0.15) is 86.8 Å². The molecular formula is C40H58N8O3. The lowest BCUT2D eigenvalue weighted by atomic mass is 9.94. The van der Waals surface area contributed by atoms with Crippen molar-refractivity contribution in [3.63, 3.8) is 0 Å². The van der Waals surface area contributed by atoms with E-state index in [1.165, 1.54) is 11.1 Å². The van der Waals surface area contributed by atoms with Crippen molar-refractivity contribution in [1.82, 2.24) is 34.6 Å². The molecule has 3 aliphatic rings. The third-order valence-electron chi connectivity index (χ3n) is 11.3. The Bertz CT molecular complexity index is 1600. The van der Waals surface area contributed by atoms with Gasteiger partial charge in [-0.1, -0.05) is 32.9 Å². The summed E-state index contributed by atoms with van der Waals surface area (Å²) in [6, 6.07) is 13.1. The maximum Gasteiger partial charge on any atom is 0.241 e. The predicted octanol–water partition coefficient (Wildman–Crippen LogP) is 3.60. The van der Waals surface area contributed by atoms with E-state index in [1.807, 2.05) is 17.3 Å². The summed E-state index contributed by atoms with van der Waals surface area (Å²) >= 11 is 0. The van der Waals surface area contributed by atoms with Gasteiger partial charge in [0.2, 0.25) is 5.91 Å². The van der Waals surface area contributed by atoms with Gasteiger partial charge < -0.3 is 15.1 Å². The van der Waals surface area contributed by atoms with Crippen LogP contribution in [-0.4, -0.2) is 129 Å². The van der Waals surface area contributed by atoms with Crippen molar-refractivity contribution in [2.24, 2.45) is 0 Å². The Balaban J connectivity index is 1.05. The number of carbonyl (C=O) groups excluding carboxylic acids is 1. The first kappa shape index (κ1) is 37.4. The molecule has 1 amide bonds. The molecule has 3 aliphatic heterocycles. The van der Waals surface area contributed by atoms with Gasteiger partial charge in [-0.3, -0.25) is 39.3 Å². The third kappa shape index (κ3) is 8.84. The molecule has 2 N–H and O–H groups in total. The summed E-state index contributed by atoms with van der Waals surface area (Å²) in [4.78, 5) is 39.5. The normalized spacial score (nSPS) is 20.6. The van der Waals surface area contributed by atoms with Crippen LogP contribution in [0.25, 0.3) is 0 Å². The van der Waals surface area contributed by atoms with Gasteiger partial charge in [0.05, 0.1) is 42.9 Å².